The van der Waals surface area contributed by atoms with Gasteiger partial charge in [-0.15, -0.1) is 0 Å². The van der Waals surface area contributed by atoms with Crippen molar-refractivity contribution in [1.29, 1.82) is 0 Å². The Kier molecular flexibility index (Phi) is 4.99. The molecule has 0 bridgehead atoms. The van der Waals surface area contributed by atoms with Crippen LogP contribution in [0.2, 0.25) is 0 Å². The number of hydrogen-bond acceptors (Lipinski definition) is 2. The molecule has 0 saturated heterocycles. The van der Waals surface area contributed by atoms with Gasteiger partial charge in [0.25, 0.3) is 5.91 Å². The Morgan fingerprint density at radius 1 is 1.05 bits per heavy atom. The average molecular weight is 282 g/mol. The molecule has 0 radical (unpaired) electrons. The van der Waals surface area contributed by atoms with E-state index in [-0.39, 0.29) is 5.91 Å². The van der Waals surface area contributed by atoms with Crippen molar-refractivity contribution in [3.8, 4) is 0 Å². The number of carbonyl (C=O) groups is 1. The van der Waals surface area contributed by atoms with Gasteiger partial charge < -0.3 is 10.6 Å². The van der Waals surface area contributed by atoms with Crippen LogP contribution in [0.1, 0.15) is 34.0 Å². The van der Waals surface area contributed by atoms with E-state index in [0.717, 1.165) is 12.2 Å². The first-order chi connectivity index (χ1) is 10.1. The predicted octanol–water partition coefficient (Wildman–Crippen LogP) is 3.67. The summed E-state index contributed by atoms with van der Waals surface area (Å²) in [5, 5.41) is 6.17. The highest BCUT2D eigenvalue weighted by molar-refractivity contribution is 5.95. The molecule has 0 spiro atoms. The molecule has 2 aromatic rings. The van der Waals surface area contributed by atoms with Gasteiger partial charge in [-0.3, -0.25) is 4.79 Å². The van der Waals surface area contributed by atoms with E-state index in [1.54, 1.807) is 0 Å². The van der Waals surface area contributed by atoms with Gasteiger partial charge in [0.2, 0.25) is 0 Å². The molecule has 3 nitrogen and oxygen atoms in total. The minimum absolute atomic E-state index is 0.0349. The fraction of sp³-hybridized carbons (Fsp3) is 0.278. The van der Waals surface area contributed by atoms with Crippen molar-refractivity contribution in [1.82, 2.24) is 5.32 Å². The molecule has 0 aliphatic rings. The Morgan fingerprint density at radius 2 is 1.86 bits per heavy atom. The highest BCUT2D eigenvalue weighted by Crippen LogP contribution is 2.14. The Balaban J connectivity index is 2.04. The topological polar surface area (TPSA) is 41.1 Å². The maximum absolute atomic E-state index is 11.8. The van der Waals surface area contributed by atoms with Crippen LogP contribution in [-0.2, 0) is 6.54 Å². The van der Waals surface area contributed by atoms with E-state index in [1.165, 1.54) is 16.7 Å². The maximum Gasteiger partial charge on any atom is 0.251 e. The van der Waals surface area contributed by atoms with E-state index >= 15 is 0 Å². The van der Waals surface area contributed by atoms with E-state index in [2.05, 4.69) is 42.7 Å². The molecule has 1 amide bonds. The number of aryl methyl sites for hydroxylation is 2. The zero-order chi connectivity index (χ0) is 15.2. The molecular weight excluding hydrogens is 260 g/mol. The summed E-state index contributed by atoms with van der Waals surface area (Å²) in [4.78, 5) is 11.8. The number of carbonyl (C=O) groups excluding carboxylic acids is 1. The van der Waals surface area contributed by atoms with Crippen molar-refractivity contribution < 1.29 is 4.79 Å². The summed E-state index contributed by atoms with van der Waals surface area (Å²) in [5.74, 6) is -0.0349. The zero-order valence-corrected chi connectivity index (χ0v) is 12.9. The minimum atomic E-state index is -0.0349. The third-order valence-electron chi connectivity index (χ3n) is 3.53. The van der Waals surface area contributed by atoms with E-state index < -0.39 is 0 Å². The molecule has 0 aliphatic carbocycles. The number of anilines is 1. The molecule has 0 heterocycles. The second-order valence-electron chi connectivity index (χ2n) is 5.21. The summed E-state index contributed by atoms with van der Waals surface area (Å²) in [6, 6.07) is 14.0. The molecule has 0 atom stereocenters. The fourth-order valence-corrected chi connectivity index (χ4v) is 2.15. The molecule has 0 fully saturated rings. The lowest BCUT2D eigenvalue weighted by Crippen LogP contribution is -2.22. The van der Waals surface area contributed by atoms with Crippen molar-refractivity contribution >= 4 is 11.6 Å². The lowest BCUT2D eigenvalue weighted by Gasteiger charge is -2.10. The Labute approximate surface area is 126 Å². The van der Waals surface area contributed by atoms with Gasteiger partial charge >= 0.3 is 0 Å². The molecule has 2 rings (SSSR count). The van der Waals surface area contributed by atoms with Crippen molar-refractivity contribution in [2.45, 2.75) is 27.3 Å². The molecule has 2 aromatic carbocycles. The monoisotopic (exact) mass is 282 g/mol. The van der Waals surface area contributed by atoms with Crippen LogP contribution in [0.25, 0.3) is 0 Å². The minimum Gasteiger partial charge on any atom is -0.381 e. The number of rotatable bonds is 5. The van der Waals surface area contributed by atoms with Crippen LogP contribution in [0.15, 0.2) is 42.5 Å². The lowest BCUT2D eigenvalue weighted by atomic mass is 10.1. The van der Waals surface area contributed by atoms with Crippen molar-refractivity contribution in [3.05, 3.63) is 64.7 Å². The number of nitrogens with one attached hydrogen (secondary N) is 2. The molecule has 3 heteroatoms. The normalized spacial score (nSPS) is 10.2. The summed E-state index contributed by atoms with van der Waals surface area (Å²) in [7, 11) is 0. The highest BCUT2D eigenvalue weighted by Gasteiger charge is 2.04. The molecule has 0 saturated carbocycles. The Hall–Kier alpha value is -2.29. The summed E-state index contributed by atoms with van der Waals surface area (Å²) in [6.07, 6.45) is 0. The Morgan fingerprint density at radius 3 is 2.57 bits per heavy atom. The van der Waals surface area contributed by atoms with E-state index in [0.29, 0.717) is 12.1 Å². The Bertz CT molecular complexity index is 635. The van der Waals surface area contributed by atoms with Gasteiger partial charge in [-0.25, -0.2) is 0 Å². The van der Waals surface area contributed by atoms with E-state index in [1.807, 2.05) is 31.2 Å². The van der Waals surface area contributed by atoms with Crippen LogP contribution in [0.4, 0.5) is 5.69 Å². The smallest absolute Gasteiger partial charge is 0.251 e. The molecular formula is C18H22N2O. The lowest BCUT2D eigenvalue weighted by molar-refractivity contribution is 0.0956. The standard InChI is InChI=1S/C18H22N2O/c1-4-19-18(21)16-6-5-7-17(11-16)20-12-15-9-8-13(2)14(3)10-15/h5-11,20H,4,12H2,1-3H3,(H,19,21). The van der Waals surface area contributed by atoms with E-state index in [9.17, 15) is 4.79 Å². The number of hydrogen-bond donors (Lipinski definition) is 2. The fourth-order valence-electron chi connectivity index (χ4n) is 2.15. The number of benzene rings is 2. The van der Waals surface area contributed by atoms with Gasteiger partial charge in [0.05, 0.1) is 0 Å². The second kappa shape index (κ2) is 6.93. The molecule has 110 valence electrons. The quantitative estimate of drug-likeness (QED) is 0.878. The van der Waals surface area contributed by atoms with Crippen LogP contribution in [-0.4, -0.2) is 12.5 Å². The van der Waals surface area contributed by atoms with Crippen molar-refractivity contribution in [2.75, 3.05) is 11.9 Å². The van der Waals surface area contributed by atoms with E-state index in [4.69, 9.17) is 0 Å². The van der Waals surface area contributed by atoms with Gasteiger partial charge in [0.1, 0.15) is 0 Å². The summed E-state index contributed by atoms with van der Waals surface area (Å²) < 4.78 is 0. The predicted molar refractivity (Wildman–Crippen MR) is 87.7 cm³/mol. The summed E-state index contributed by atoms with van der Waals surface area (Å²) in [5.41, 5.74) is 5.47. The van der Waals surface area contributed by atoms with Gasteiger partial charge in [-0.05, 0) is 55.7 Å². The first-order valence-corrected chi connectivity index (χ1v) is 7.28. The largest absolute Gasteiger partial charge is 0.381 e. The van der Waals surface area contributed by atoms with Crippen LogP contribution in [0.5, 0.6) is 0 Å². The first kappa shape index (κ1) is 15.1. The van der Waals surface area contributed by atoms with Gasteiger partial charge in [-0.2, -0.15) is 0 Å². The van der Waals surface area contributed by atoms with Crippen molar-refractivity contribution in [3.63, 3.8) is 0 Å². The van der Waals surface area contributed by atoms with Crippen LogP contribution in [0, 0.1) is 13.8 Å². The third kappa shape index (κ3) is 4.09. The summed E-state index contributed by atoms with van der Waals surface area (Å²) >= 11 is 0. The third-order valence-corrected chi connectivity index (χ3v) is 3.53. The van der Waals surface area contributed by atoms with Gasteiger partial charge in [-0.1, -0.05) is 24.3 Å². The van der Waals surface area contributed by atoms with Gasteiger partial charge in [0.15, 0.2) is 0 Å². The molecule has 0 aromatic heterocycles. The zero-order valence-electron chi connectivity index (χ0n) is 12.9. The average Bonchev–Trinajstić information content (AvgIpc) is 2.49. The SMILES string of the molecule is CCNC(=O)c1cccc(NCc2ccc(C)c(C)c2)c1. The summed E-state index contributed by atoms with van der Waals surface area (Å²) in [6.45, 7) is 7.54. The van der Waals surface area contributed by atoms with Gasteiger partial charge in [0, 0.05) is 24.3 Å². The second-order valence-corrected chi connectivity index (χ2v) is 5.21. The molecule has 2 N–H and O–H groups in total. The molecule has 0 unspecified atom stereocenters. The van der Waals surface area contributed by atoms with Crippen LogP contribution >= 0.6 is 0 Å². The maximum atomic E-state index is 11.8. The van der Waals surface area contributed by atoms with Crippen molar-refractivity contribution in [2.24, 2.45) is 0 Å². The van der Waals surface area contributed by atoms with Crippen LogP contribution < -0.4 is 10.6 Å². The number of amides is 1. The molecule has 21 heavy (non-hydrogen) atoms. The highest BCUT2D eigenvalue weighted by atomic mass is 16.1. The molecule has 0 aliphatic heterocycles. The van der Waals surface area contributed by atoms with Crippen LogP contribution in [0.3, 0.4) is 0 Å². The first-order valence-electron chi connectivity index (χ1n) is 7.28.